The van der Waals surface area contributed by atoms with Crippen molar-refractivity contribution in [3.63, 3.8) is 0 Å². The number of carbonyl (C=O) groups excluding carboxylic acids is 1. The van der Waals surface area contributed by atoms with Gasteiger partial charge in [-0.2, -0.15) is 5.10 Å². The van der Waals surface area contributed by atoms with E-state index >= 15 is 0 Å². The maximum atomic E-state index is 12.2. The van der Waals surface area contributed by atoms with Crippen molar-refractivity contribution < 1.29 is 9.53 Å². The lowest BCUT2D eigenvalue weighted by molar-refractivity contribution is -0.119. The monoisotopic (exact) mass is 480 g/mol. The number of nitrogens with two attached hydrogens (primary N) is 1. The molecular formula is C28H28N6O2. The molecule has 36 heavy (non-hydrogen) atoms. The number of primary amides is 1. The number of fused-ring (bicyclic) bond motifs is 1. The fourth-order valence-electron chi connectivity index (χ4n) is 4.43. The molecule has 2 N–H and O–H groups in total. The Bertz CT molecular complexity index is 1460. The molecule has 8 nitrogen and oxygen atoms in total. The second-order valence-corrected chi connectivity index (χ2v) is 8.92. The first-order chi connectivity index (χ1) is 17.5. The lowest BCUT2D eigenvalue weighted by Crippen LogP contribution is -2.36. The zero-order valence-electron chi connectivity index (χ0n) is 20.4. The predicted octanol–water partition coefficient (Wildman–Crippen LogP) is 2.97. The number of amides is 1. The maximum Gasteiger partial charge on any atom is 0.224 e. The molecule has 1 aliphatic rings. The van der Waals surface area contributed by atoms with Crippen molar-refractivity contribution in [3.05, 3.63) is 66.1 Å². The number of aromatic nitrogens is 4. The number of morpholine rings is 1. The first-order valence-electron chi connectivity index (χ1n) is 12.0. The van der Waals surface area contributed by atoms with Crippen LogP contribution in [0.15, 0.2) is 55.0 Å². The maximum absolute atomic E-state index is 12.2. The summed E-state index contributed by atoms with van der Waals surface area (Å²) in [5, 5.41) is 5.52. The van der Waals surface area contributed by atoms with E-state index in [4.69, 9.17) is 15.6 Å². The van der Waals surface area contributed by atoms with Gasteiger partial charge < -0.3 is 10.5 Å². The fourth-order valence-corrected chi connectivity index (χ4v) is 4.43. The molecule has 2 aromatic heterocycles. The standard InChI is InChI=1S/C28H28N6O2/c1-19(28(29)35)22-16-23-25(15-21(22)9-6-10-34-11-13-36-14-12-34)30-18-31-27(23)24-17-33(2)32-26(24)20-7-4-3-5-8-20/h3-5,7-8,15-19H,10-14H2,1-2H3,(H2,29,35). The zero-order chi connectivity index (χ0) is 25.1. The van der Waals surface area contributed by atoms with Crippen molar-refractivity contribution in [2.24, 2.45) is 12.8 Å². The smallest absolute Gasteiger partial charge is 0.224 e. The summed E-state index contributed by atoms with van der Waals surface area (Å²) in [7, 11) is 1.89. The molecule has 1 unspecified atom stereocenters. The van der Waals surface area contributed by atoms with Gasteiger partial charge in [-0.15, -0.1) is 0 Å². The van der Waals surface area contributed by atoms with Gasteiger partial charge >= 0.3 is 0 Å². The van der Waals surface area contributed by atoms with Crippen molar-refractivity contribution in [2.75, 3.05) is 32.8 Å². The number of hydrogen-bond acceptors (Lipinski definition) is 6. The number of ether oxygens (including phenoxy) is 1. The molecule has 8 heteroatoms. The normalized spacial score (nSPS) is 14.8. The van der Waals surface area contributed by atoms with Crippen LogP contribution in [0, 0.1) is 11.8 Å². The Kier molecular flexibility index (Phi) is 6.76. The SMILES string of the molecule is CC(C(N)=O)c1cc2c(-c3cn(C)nc3-c3ccccc3)ncnc2cc1C#CCN1CCOCC1. The Morgan fingerprint density at radius 2 is 1.92 bits per heavy atom. The van der Waals surface area contributed by atoms with E-state index in [9.17, 15) is 4.79 Å². The first kappa shape index (κ1) is 23.7. The molecule has 1 atom stereocenters. The minimum atomic E-state index is -0.516. The number of nitrogens with zero attached hydrogens (tertiary/aromatic N) is 5. The van der Waals surface area contributed by atoms with Crippen LogP contribution in [0.1, 0.15) is 24.0 Å². The quantitative estimate of drug-likeness (QED) is 0.441. The van der Waals surface area contributed by atoms with Gasteiger partial charge in [0.25, 0.3) is 0 Å². The van der Waals surface area contributed by atoms with E-state index in [-0.39, 0.29) is 0 Å². The van der Waals surface area contributed by atoms with Crippen LogP contribution in [0.3, 0.4) is 0 Å². The number of rotatable bonds is 5. The van der Waals surface area contributed by atoms with E-state index in [2.05, 4.69) is 26.7 Å². The molecule has 0 spiro atoms. The van der Waals surface area contributed by atoms with Crippen LogP contribution in [-0.4, -0.2) is 63.4 Å². The Balaban J connectivity index is 1.62. The second-order valence-electron chi connectivity index (χ2n) is 8.92. The molecule has 1 fully saturated rings. The van der Waals surface area contributed by atoms with Gasteiger partial charge in [-0.3, -0.25) is 14.4 Å². The van der Waals surface area contributed by atoms with Crippen LogP contribution >= 0.6 is 0 Å². The number of carbonyl (C=O) groups is 1. The van der Waals surface area contributed by atoms with E-state index < -0.39 is 11.8 Å². The molecule has 0 bridgehead atoms. The van der Waals surface area contributed by atoms with Crippen LogP contribution in [0.2, 0.25) is 0 Å². The summed E-state index contributed by atoms with van der Waals surface area (Å²) in [6.45, 7) is 5.61. The van der Waals surface area contributed by atoms with Crippen molar-refractivity contribution in [3.8, 4) is 34.4 Å². The van der Waals surface area contributed by atoms with Crippen molar-refractivity contribution >= 4 is 16.8 Å². The minimum absolute atomic E-state index is 0.407. The highest BCUT2D eigenvalue weighted by Gasteiger charge is 2.21. The van der Waals surface area contributed by atoms with Crippen LogP contribution in [-0.2, 0) is 16.6 Å². The average molecular weight is 481 g/mol. The van der Waals surface area contributed by atoms with Gasteiger partial charge in [-0.05, 0) is 24.6 Å². The molecule has 5 rings (SSSR count). The van der Waals surface area contributed by atoms with Gasteiger partial charge in [0.2, 0.25) is 5.91 Å². The molecule has 182 valence electrons. The zero-order valence-corrected chi connectivity index (χ0v) is 20.4. The minimum Gasteiger partial charge on any atom is -0.379 e. The van der Waals surface area contributed by atoms with E-state index in [0.717, 1.165) is 70.8 Å². The molecule has 0 radical (unpaired) electrons. The Labute approximate surface area is 210 Å². The topological polar surface area (TPSA) is 99.2 Å². The lowest BCUT2D eigenvalue weighted by Gasteiger charge is -2.24. The Hall–Kier alpha value is -4.06. The van der Waals surface area contributed by atoms with Crippen LogP contribution in [0.4, 0.5) is 0 Å². The summed E-state index contributed by atoms with van der Waals surface area (Å²) < 4.78 is 7.20. The third-order valence-electron chi connectivity index (χ3n) is 6.46. The van der Waals surface area contributed by atoms with E-state index in [0.29, 0.717) is 6.54 Å². The van der Waals surface area contributed by atoms with E-state index in [1.54, 1.807) is 17.9 Å². The largest absolute Gasteiger partial charge is 0.379 e. The fraction of sp³-hybridized carbons (Fsp3) is 0.286. The van der Waals surface area contributed by atoms with Crippen molar-refractivity contribution in [2.45, 2.75) is 12.8 Å². The molecule has 3 heterocycles. The Morgan fingerprint density at radius 1 is 1.14 bits per heavy atom. The van der Waals surface area contributed by atoms with Crippen LogP contribution in [0.5, 0.6) is 0 Å². The van der Waals surface area contributed by atoms with E-state index in [1.165, 1.54) is 0 Å². The average Bonchev–Trinajstić information content (AvgIpc) is 3.30. The van der Waals surface area contributed by atoms with Crippen molar-refractivity contribution in [1.82, 2.24) is 24.6 Å². The summed E-state index contributed by atoms with van der Waals surface area (Å²) in [4.78, 5) is 23.6. The molecule has 4 aromatic rings. The summed E-state index contributed by atoms with van der Waals surface area (Å²) >= 11 is 0. The lowest BCUT2D eigenvalue weighted by atomic mass is 9.92. The number of hydrogen-bond donors (Lipinski definition) is 1. The Morgan fingerprint density at radius 3 is 2.67 bits per heavy atom. The second kappa shape index (κ2) is 10.3. The van der Waals surface area contributed by atoms with Gasteiger partial charge in [0.15, 0.2) is 0 Å². The highest BCUT2D eigenvalue weighted by molar-refractivity contribution is 5.97. The third kappa shape index (κ3) is 4.85. The van der Waals surface area contributed by atoms with E-state index in [1.807, 2.05) is 55.7 Å². The van der Waals surface area contributed by atoms with Gasteiger partial charge in [0.1, 0.15) is 12.0 Å². The summed E-state index contributed by atoms with van der Waals surface area (Å²) in [6, 6.07) is 13.9. The summed E-state index contributed by atoms with van der Waals surface area (Å²) in [6.07, 6.45) is 3.51. The molecule has 1 amide bonds. The summed E-state index contributed by atoms with van der Waals surface area (Å²) in [5.41, 5.74) is 11.5. The highest BCUT2D eigenvalue weighted by atomic mass is 16.5. The first-order valence-corrected chi connectivity index (χ1v) is 12.0. The summed E-state index contributed by atoms with van der Waals surface area (Å²) in [5.74, 6) is 5.61. The molecule has 1 aliphatic heterocycles. The predicted molar refractivity (Wildman–Crippen MR) is 139 cm³/mol. The highest BCUT2D eigenvalue weighted by Crippen LogP contribution is 2.35. The molecule has 1 saturated heterocycles. The molecule has 2 aromatic carbocycles. The van der Waals surface area contributed by atoms with Gasteiger partial charge in [-0.1, -0.05) is 42.2 Å². The van der Waals surface area contributed by atoms with Gasteiger partial charge in [0, 0.05) is 48.4 Å². The van der Waals surface area contributed by atoms with Gasteiger partial charge in [0.05, 0.1) is 36.9 Å². The van der Waals surface area contributed by atoms with Crippen LogP contribution in [0.25, 0.3) is 33.4 Å². The molecule has 0 saturated carbocycles. The van der Waals surface area contributed by atoms with Crippen molar-refractivity contribution in [1.29, 1.82) is 0 Å². The number of aryl methyl sites for hydroxylation is 1. The third-order valence-corrected chi connectivity index (χ3v) is 6.46. The van der Waals surface area contributed by atoms with Crippen LogP contribution < -0.4 is 5.73 Å². The molecular weight excluding hydrogens is 452 g/mol. The number of benzene rings is 2. The van der Waals surface area contributed by atoms with Gasteiger partial charge in [-0.25, -0.2) is 9.97 Å². The molecule has 0 aliphatic carbocycles.